The number of hydrogen-bond acceptors (Lipinski definition) is 3. The van der Waals surface area contributed by atoms with Gasteiger partial charge in [0.25, 0.3) is 0 Å². The molecule has 4 aromatic rings. The molecule has 0 amide bonds. The van der Waals surface area contributed by atoms with Crippen molar-refractivity contribution in [2.24, 2.45) is 0 Å². The van der Waals surface area contributed by atoms with Gasteiger partial charge in [0.15, 0.2) is 0 Å². The molecule has 0 atom stereocenters. The van der Waals surface area contributed by atoms with Gasteiger partial charge in [0.2, 0.25) is 0 Å². The molecule has 0 bridgehead atoms. The van der Waals surface area contributed by atoms with E-state index in [9.17, 15) is 10.2 Å². The Morgan fingerprint density at radius 2 is 0.967 bits per heavy atom. The maximum absolute atomic E-state index is 9.68. The van der Waals surface area contributed by atoms with E-state index in [1.54, 1.807) is 24.3 Å². The average Bonchev–Trinajstić information content (AvgIpc) is 2.75. The second-order valence-corrected chi connectivity index (χ2v) is 7.45. The van der Waals surface area contributed by atoms with Crippen LogP contribution in [0.5, 0.6) is 11.5 Å². The zero-order valence-electron chi connectivity index (χ0n) is 16.1. The second-order valence-electron chi connectivity index (χ2n) is 6.58. The Balaban J connectivity index is 0.000000177. The van der Waals surface area contributed by atoms with E-state index in [4.69, 9.17) is 23.2 Å². The maximum Gasteiger partial charge on any atom is 0.119 e. The number of phenolic OH excluding ortho intramolecular Hbond substituents is 2. The van der Waals surface area contributed by atoms with Gasteiger partial charge in [-0.2, -0.15) is 0 Å². The smallest absolute Gasteiger partial charge is 0.119 e. The van der Waals surface area contributed by atoms with Crippen molar-refractivity contribution in [3.05, 3.63) is 118 Å². The largest absolute Gasteiger partial charge is 0.508 e. The molecule has 0 unspecified atom stereocenters. The summed E-state index contributed by atoms with van der Waals surface area (Å²) in [5.74, 6) is 0.294. The summed E-state index contributed by atoms with van der Waals surface area (Å²) in [6.07, 6.45) is 0.374. The number of rotatable bonds is 4. The standard InChI is InChI=1S/C13H10Cl2O2.C12H11N/c14-10-1-3-12(16)8(6-10)5-9-7-11(15)2-4-13(9)17;1-3-7-11(8-4-1)13-12-9-5-2-6-10-12/h1-4,6-7,16-17H,5H2;1-10,13H. The highest BCUT2D eigenvalue weighted by Gasteiger charge is 2.07. The average molecular weight is 438 g/mol. The van der Waals surface area contributed by atoms with Gasteiger partial charge in [0.05, 0.1) is 0 Å². The van der Waals surface area contributed by atoms with E-state index >= 15 is 0 Å². The Morgan fingerprint density at radius 1 is 0.567 bits per heavy atom. The molecular weight excluding hydrogens is 417 g/mol. The van der Waals surface area contributed by atoms with Crippen LogP contribution in [0.3, 0.4) is 0 Å². The topological polar surface area (TPSA) is 52.5 Å². The zero-order valence-corrected chi connectivity index (χ0v) is 17.6. The van der Waals surface area contributed by atoms with E-state index in [2.05, 4.69) is 5.32 Å². The van der Waals surface area contributed by atoms with Crippen LogP contribution in [0, 0.1) is 0 Å². The van der Waals surface area contributed by atoms with E-state index in [0.29, 0.717) is 27.6 Å². The summed E-state index contributed by atoms with van der Waals surface area (Å²) >= 11 is 11.7. The number of nitrogens with one attached hydrogen (secondary N) is 1. The first-order chi connectivity index (χ1) is 14.5. The minimum absolute atomic E-state index is 0.147. The molecule has 152 valence electrons. The van der Waals surface area contributed by atoms with Crippen LogP contribution in [0.15, 0.2) is 97.1 Å². The van der Waals surface area contributed by atoms with Crippen molar-refractivity contribution in [1.82, 2.24) is 0 Å². The van der Waals surface area contributed by atoms with Crippen LogP contribution in [-0.2, 0) is 6.42 Å². The summed E-state index contributed by atoms with van der Waals surface area (Å²) in [6, 6.07) is 29.9. The normalized spacial score (nSPS) is 10.1. The third kappa shape index (κ3) is 6.45. The first-order valence-corrected chi connectivity index (χ1v) is 10.1. The Labute approximate surface area is 186 Å². The Morgan fingerprint density at radius 3 is 1.37 bits per heavy atom. The Hall–Kier alpha value is -3.14. The molecule has 0 heterocycles. The minimum atomic E-state index is 0.147. The Bertz CT molecular complexity index is 1000. The summed E-state index contributed by atoms with van der Waals surface area (Å²) < 4.78 is 0. The first kappa shape index (κ1) is 21.6. The highest BCUT2D eigenvalue weighted by Crippen LogP contribution is 2.29. The van der Waals surface area contributed by atoms with Crippen molar-refractivity contribution < 1.29 is 10.2 Å². The van der Waals surface area contributed by atoms with E-state index < -0.39 is 0 Å². The van der Waals surface area contributed by atoms with Crippen molar-refractivity contribution in [2.45, 2.75) is 6.42 Å². The van der Waals surface area contributed by atoms with E-state index in [-0.39, 0.29) is 11.5 Å². The van der Waals surface area contributed by atoms with Crippen LogP contribution in [0.2, 0.25) is 10.0 Å². The highest BCUT2D eigenvalue weighted by atomic mass is 35.5. The second kappa shape index (κ2) is 10.6. The van der Waals surface area contributed by atoms with Crippen LogP contribution in [0.25, 0.3) is 0 Å². The number of halogens is 2. The minimum Gasteiger partial charge on any atom is -0.508 e. The van der Waals surface area contributed by atoms with Crippen molar-refractivity contribution in [3.8, 4) is 11.5 Å². The molecule has 0 radical (unpaired) electrons. The SMILES string of the molecule is Oc1ccc(Cl)cc1Cc1cc(Cl)ccc1O.c1ccc(Nc2ccccc2)cc1. The van der Waals surface area contributed by atoms with E-state index in [1.807, 2.05) is 60.7 Å². The lowest BCUT2D eigenvalue weighted by Gasteiger charge is -2.07. The molecule has 30 heavy (non-hydrogen) atoms. The summed E-state index contributed by atoms with van der Waals surface area (Å²) in [6.45, 7) is 0. The van der Waals surface area contributed by atoms with Crippen LogP contribution in [0.4, 0.5) is 11.4 Å². The summed E-state index contributed by atoms with van der Waals surface area (Å²) in [4.78, 5) is 0. The molecule has 0 aromatic heterocycles. The molecule has 4 aromatic carbocycles. The van der Waals surface area contributed by atoms with Crippen LogP contribution < -0.4 is 5.32 Å². The molecule has 0 aliphatic carbocycles. The third-order valence-electron chi connectivity index (χ3n) is 4.30. The van der Waals surface area contributed by atoms with Gasteiger partial charge < -0.3 is 15.5 Å². The number of benzene rings is 4. The van der Waals surface area contributed by atoms with Crippen molar-refractivity contribution in [2.75, 3.05) is 5.32 Å². The predicted octanol–water partition coefficient (Wildman–Crippen LogP) is 7.43. The van der Waals surface area contributed by atoms with Gasteiger partial charge >= 0.3 is 0 Å². The number of hydrogen-bond donors (Lipinski definition) is 3. The summed E-state index contributed by atoms with van der Waals surface area (Å²) in [7, 11) is 0. The fourth-order valence-corrected chi connectivity index (χ4v) is 3.20. The van der Waals surface area contributed by atoms with Gasteiger partial charge in [-0.1, -0.05) is 59.6 Å². The van der Waals surface area contributed by atoms with Crippen LogP contribution in [-0.4, -0.2) is 10.2 Å². The molecule has 0 spiro atoms. The lowest BCUT2D eigenvalue weighted by atomic mass is 10.0. The van der Waals surface area contributed by atoms with Crippen molar-refractivity contribution >= 4 is 34.6 Å². The fourth-order valence-electron chi connectivity index (χ4n) is 2.81. The van der Waals surface area contributed by atoms with Gasteiger partial charge in [-0.05, 0) is 71.8 Å². The number of phenols is 2. The predicted molar refractivity (Wildman–Crippen MR) is 125 cm³/mol. The molecule has 0 saturated carbocycles. The van der Waals surface area contributed by atoms with E-state index in [1.165, 1.54) is 12.1 Å². The molecule has 0 fully saturated rings. The van der Waals surface area contributed by atoms with Gasteiger partial charge in [0, 0.05) is 27.8 Å². The molecule has 3 N–H and O–H groups in total. The van der Waals surface area contributed by atoms with E-state index in [0.717, 1.165) is 11.4 Å². The molecule has 0 saturated heterocycles. The number of anilines is 2. The van der Waals surface area contributed by atoms with Crippen molar-refractivity contribution in [1.29, 1.82) is 0 Å². The third-order valence-corrected chi connectivity index (χ3v) is 4.77. The molecule has 0 aliphatic rings. The van der Waals surface area contributed by atoms with Crippen molar-refractivity contribution in [3.63, 3.8) is 0 Å². The van der Waals surface area contributed by atoms with Gasteiger partial charge in [-0.15, -0.1) is 0 Å². The van der Waals surface area contributed by atoms with Crippen LogP contribution in [0.1, 0.15) is 11.1 Å². The summed E-state index contributed by atoms with van der Waals surface area (Å²) in [5, 5.41) is 23.8. The quantitative estimate of drug-likeness (QED) is 0.311. The lowest BCUT2D eigenvalue weighted by molar-refractivity contribution is 0.463. The van der Waals surface area contributed by atoms with Gasteiger partial charge in [0.1, 0.15) is 11.5 Å². The summed E-state index contributed by atoms with van der Waals surface area (Å²) in [5.41, 5.74) is 3.53. The first-order valence-electron chi connectivity index (χ1n) is 9.33. The Kier molecular flexibility index (Phi) is 7.61. The number of aromatic hydroxyl groups is 2. The monoisotopic (exact) mass is 437 g/mol. The molecule has 4 rings (SSSR count). The fraction of sp³-hybridized carbons (Fsp3) is 0.0400. The highest BCUT2D eigenvalue weighted by molar-refractivity contribution is 6.31. The zero-order chi connectivity index (χ0) is 21.3. The number of para-hydroxylation sites is 2. The maximum atomic E-state index is 9.68. The van der Waals surface area contributed by atoms with Crippen LogP contribution >= 0.6 is 23.2 Å². The molecule has 0 aliphatic heterocycles. The lowest BCUT2D eigenvalue weighted by Crippen LogP contribution is -1.90. The molecular formula is C25H21Cl2NO2. The molecule has 5 heteroatoms. The van der Waals surface area contributed by atoms with Gasteiger partial charge in [-0.25, -0.2) is 0 Å². The molecule has 3 nitrogen and oxygen atoms in total. The van der Waals surface area contributed by atoms with Gasteiger partial charge in [-0.3, -0.25) is 0 Å².